The summed E-state index contributed by atoms with van der Waals surface area (Å²) < 4.78 is 6.11. The van der Waals surface area contributed by atoms with Gasteiger partial charge in [-0.1, -0.05) is 18.2 Å². The summed E-state index contributed by atoms with van der Waals surface area (Å²) in [5.74, 6) is 0.783. The Kier molecular flexibility index (Phi) is 4.11. The Labute approximate surface area is 136 Å². The van der Waals surface area contributed by atoms with Crippen LogP contribution in [0.15, 0.2) is 36.5 Å². The summed E-state index contributed by atoms with van der Waals surface area (Å²) in [6.45, 7) is 7.26. The van der Waals surface area contributed by atoms with E-state index >= 15 is 0 Å². The first-order valence-corrected chi connectivity index (χ1v) is 8.00. The molecule has 0 saturated carbocycles. The largest absolute Gasteiger partial charge is 0.486 e. The Balaban J connectivity index is 1.67. The molecule has 5 heteroatoms. The number of ether oxygens (including phenoxy) is 1. The number of fused-ring (bicyclic) bond motifs is 1. The van der Waals surface area contributed by atoms with E-state index in [2.05, 4.69) is 10.3 Å². The van der Waals surface area contributed by atoms with Crippen LogP contribution in [-0.2, 0) is 0 Å². The summed E-state index contributed by atoms with van der Waals surface area (Å²) in [6.07, 6.45) is 2.61. The van der Waals surface area contributed by atoms with Gasteiger partial charge in [0.15, 0.2) is 0 Å². The second-order valence-electron chi connectivity index (χ2n) is 6.99. The molecule has 1 unspecified atom stereocenters. The van der Waals surface area contributed by atoms with E-state index in [1.807, 2.05) is 56.0 Å². The molecule has 0 bridgehead atoms. The Hall–Kier alpha value is -2.30. The van der Waals surface area contributed by atoms with Crippen molar-refractivity contribution >= 4 is 16.9 Å². The van der Waals surface area contributed by atoms with Crippen molar-refractivity contribution in [3.8, 4) is 5.75 Å². The summed E-state index contributed by atoms with van der Waals surface area (Å²) in [5, 5.41) is 4.05. The number of pyridine rings is 1. The van der Waals surface area contributed by atoms with Gasteiger partial charge in [-0.05, 0) is 32.9 Å². The summed E-state index contributed by atoms with van der Waals surface area (Å²) in [5.41, 5.74) is 0.642. The molecule has 1 aromatic carbocycles. The molecule has 1 atom stereocenters. The van der Waals surface area contributed by atoms with Crippen molar-refractivity contribution in [2.45, 2.75) is 38.8 Å². The molecule has 2 heterocycles. The monoisotopic (exact) mass is 313 g/mol. The first-order chi connectivity index (χ1) is 10.9. The lowest BCUT2D eigenvalue weighted by molar-refractivity contribution is 0.181. The van der Waals surface area contributed by atoms with Crippen molar-refractivity contribution < 1.29 is 9.53 Å². The van der Waals surface area contributed by atoms with Crippen molar-refractivity contribution in [2.24, 2.45) is 0 Å². The number of para-hydroxylation sites is 1. The van der Waals surface area contributed by atoms with Crippen molar-refractivity contribution in [3.63, 3.8) is 0 Å². The number of rotatable bonds is 2. The van der Waals surface area contributed by atoms with Crippen molar-refractivity contribution in [1.29, 1.82) is 0 Å². The van der Waals surface area contributed by atoms with E-state index in [1.54, 1.807) is 6.20 Å². The Morgan fingerprint density at radius 1 is 1.30 bits per heavy atom. The number of nitrogens with zero attached hydrogens (tertiary/aromatic N) is 2. The Morgan fingerprint density at radius 3 is 2.87 bits per heavy atom. The maximum atomic E-state index is 12.2. The maximum Gasteiger partial charge on any atom is 0.317 e. The third kappa shape index (κ3) is 3.73. The van der Waals surface area contributed by atoms with Gasteiger partial charge in [0, 0.05) is 30.1 Å². The van der Waals surface area contributed by atoms with Crippen LogP contribution in [0.2, 0.25) is 0 Å². The minimum atomic E-state index is -0.227. The fourth-order valence-electron chi connectivity index (χ4n) is 2.76. The molecule has 0 spiro atoms. The summed E-state index contributed by atoms with van der Waals surface area (Å²) in [4.78, 5) is 18.4. The van der Waals surface area contributed by atoms with Gasteiger partial charge in [-0.15, -0.1) is 0 Å². The number of hydrogen-bond acceptors (Lipinski definition) is 3. The SMILES string of the molecule is CC(C)(C)NC(=O)N1CCC(Oc2cccc3cccnc23)C1. The number of likely N-dealkylation sites (tertiary alicyclic amines) is 1. The second-order valence-corrected chi connectivity index (χ2v) is 6.99. The summed E-state index contributed by atoms with van der Waals surface area (Å²) >= 11 is 0. The highest BCUT2D eigenvalue weighted by atomic mass is 16.5. The molecule has 1 aliphatic heterocycles. The zero-order valence-corrected chi connectivity index (χ0v) is 13.9. The molecule has 1 aliphatic rings. The number of benzene rings is 1. The van der Waals surface area contributed by atoms with E-state index in [9.17, 15) is 4.79 Å². The summed E-state index contributed by atoms with van der Waals surface area (Å²) in [6, 6.07) is 9.84. The highest BCUT2D eigenvalue weighted by Gasteiger charge is 2.29. The van der Waals surface area contributed by atoms with E-state index in [0.29, 0.717) is 13.1 Å². The van der Waals surface area contributed by atoms with Crippen LogP contribution >= 0.6 is 0 Å². The topological polar surface area (TPSA) is 54.5 Å². The van der Waals surface area contributed by atoms with Gasteiger partial charge in [0.1, 0.15) is 17.4 Å². The van der Waals surface area contributed by atoms with Crippen LogP contribution < -0.4 is 10.1 Å². The molecule has 3 rings (SSSR count). The van der Waals surface area contributed by atoms with Gasteiger partial charge >= 0.3 is 6.03 Å². The lowest BCUT2D eigenvalue weighted by Crippen LogP contribution is -2.48. The molecule has 1 fully saturated rings. The van der Waals surface area contributed by atoms with Gasteiger partial charge in [0.25, 0.3) is 0 Å². The predicted molar refractivity (Wildman–Crippen MR) is 90.6 cm³/mol. The van der Waals surface area contributed by atoms with Crippen molar-refractivity contribution in [2.75, 3.05) is 13.1 Å². The molecule has 0 radical (unpaired) electrons. The van der Waals surface area contributed by atoms with Crippen molar-refractivity contribution in [1.82, 2.24) is 15.2 Å². The molecular formula is C18H23N3O2. The lowest BCUT2D eigenvalue weighted by Gasteiger charge is -2.25. The van der Waals surface area contributed by atoms with Gasteiger partial charge in [-0.25, -0.2) is 4.79 Å². The minimum Gasteiger partial charge on any atom is -0.486 e. The number of amides is 2. The second kappa shape index (κ2) is 6.07. The van der Waals surface area contributed by atoms with Gasteiger partial charge in [0.2, 0.25) is 0 Å². The first kappa shape index (κ1) is 15.6. The smallest absolute Gasteiger partial charge is 0.317 e. The van der Waals surface area contributed by atoms with Crippen LogP contribution in [0.5, 0.6) is 5.75 Å². The Morgan fingerprint density at radius 2 is 2.09 bits per heavy atom. The van der Waals surface area contributed by atoms with Crippen LogP contribution in [0.4, 0.5) is 4.79 Å². The zero-order valence-electron chi connectivity index (χ0n) is 13.9. The van der Waals surface area contributed by atoms with Gasteiger partial charge < -0.3 is 15.0 Å². The van der Waals surface area contributed by atoms with Gasteiger partial charge in [-0.2, -0.15) is 0 Å². The van der Waals surface area contributed by atoms with Gasteiger partial charge in [0.05, 0.1) is 6.54 Å². The highest BCUT2D eigenvalue weighted by Crippen LogP contribution is 2.26. The molecule has 23 heavy (non-hydrogen) atoms. The van der Waals surface area contributed by atoms with Crippen LogP contribution in [0.25, 0.3) is 10.9 Å². The molecular weight excluding hydrogens is 290 g/mol. The van der Waals surface area contributed by atoms with Gasteiger partial charge in [-0.3, -0.25) is 4.98 Å². The molecule has 122 valence electrons. The zero-order chi connectivity index (χ0) is 16.4. The molecule has 0 aliphatic carbocycles. The fraction of sp³-hybridized carbons (Fsp3) is 0.444. The number of nitrogens with one attached hydrogen (secondary N) is 1. The van der Waals surface area contributed by atoms with E-state index in [-0.39, 0.29) is 17.7 Å². The van der Waals surface area contributed by atoms with Crippen LogP contribution in [-0.4, -0.2) is 40.6 Å². The standard InChI is InChI=1S/C18H23N3O2/c1-18(2,3)20-17(22)21-11-9-14(12-21)23-15-8-4-6-13-7-5-10-19-16(13)15/h4-8,10,14H,9,11-12H2,1-3H3,(H,20,22). The average Bonchev–Trinajstić information content (AvgIpc) is 2.95. The molecule has 1 aromatic heterocycles. The van der Waals surface area contributed by atoms with E-state index in [4.69, 9.17) is 4.74 Å². The Bertz CT molecular complexity index is 703. The number of carbonyl (C=O) groups is 1. The predicted octanol–water partition coefficient (Wildman–Crippen LogP) is 3.20. The van der Waals surface area contributed by atoms with E-state index in [0.717, 1.165) is 23.1 Å². The lowest BCUT2D eigenvalue weighted by atomic mass is 10.1. The molecule has 2 aromatic rings. The minimum absolute atomic E-state index is 0.00771. The molecule has 1 saturated heterocycles. The van der Waals surface area contributed by atoms with Crippen LogP contribution in [0, 0.1) is 0 Å². The number of hydrogen-bond donors (Lipinski definition) is 1. The maximum absolute atomic E-state index is 12.2. The molecule has 5 nitrogen and oxygen atoms in total. The summed E-state index contributed by atoms with van der Waals surface area (Å²) in [7, 11) is 0. The third-order valence-electron chi connectivity index (χ3n) is 3.80. The number of urea groups is 1. The van der Waals surface area contributed by atoms with E-state index < -0.39 is 0 Å². The van der Waals surface area contributed by atoms with E-state index in [1.165, 1.54) is 0 Å². The number of carbonyl (C=O) groups excluding carboxylic acids is 1. The molecule has 2 amide bonds. The number of aromatic nitrogens is 1. The fourth-order valence-corrected chi connectivity index (χ4v) is 2.76. The third-order valence-corrected chi connectivity index (χ3v) is 3.80. The quantitative estimate of drug-likeness (QED) is 0.926. The van der Waals surface area contributed by atoms with Crippen LogP contribution in [0.3, 0.4) is 0 Å². The average molecular weight is 313 g/mol. The first-order valence-electron chi connectivity index (χ1n) is 8.00. The highest BCUT2D eigenvalue weighted by molar-refractivity contribution is 5.84. The molecule has 1 N–H and O–H groups in total. The van der Waals surface area contributed by atoms with Crippen LogP contribution in [0.1, 0.15) is 27.2 Å². The normalized spacial score (nSPS) is 18.2. The van der Waals surface area contributed by atoms with Crippen molar-refractivity contribution in [3.05, 3.63) is 36.5 Å².